The Kier molecular flexibility index (Phi) is 4.08. The van der Waals surface area contributed by atoms with Crippen LogP contribution in [0, 0.1) is 24.4 Å². The molecular formula is C15H11F3O2. The van der Waals surface area contributed by atoms with Gasteiger partial charge in [0.25, 0.3) is 0 Å². The van der Waals surface area contributed by atoms with Gasteiger partial charge in [0.2, 0.25) is 5.78 Å². The summed E-state index contributed by atoms with van der Waals surface area (Å²) < 4.78 is 44.8. The standard InChI is InChI=1S/C15H11F3O2/c1-9-2-4-13(18)15(6-9)20-8-14(19)11-7-10(16)3-5-12(11)17/h2-7H,8H2,1H3. The highest BCUT2D eigenvalue weighted by Crippen LogP contribution is 2.19. The lowest BCUT2D eigenvalue weighted by atomic mass is 10.1. The van der Waals surface area contributed by atoms with E-state index in [0.717, 1.165) is 23.8 Å². The smallest absolute Gasteiger partial charge is 0.203 e. The minimum Gasteiger partial charge on any atom is -0.482 e. The lowest BCUT2D eigenvalue weighted by Gasteiger charge is -2.08. The lowest BCUT2D eigenvalue weighted by molar-refractivity contribution is 0.0914. The van der Waals surface area contributed by atoms with Crippen LogP contribution in [0.3, 0.4) is 0 Å². The summed E-state index contributed by atoms with van der Waals surface area (Å²) in [6.07, 6.45) is 0. The van der Waals surface area contributed by atoms with Crippen LogP contribution < -0.4 is 4.74 Å². The highest BCUT2D eigenvalue weighted by atomic mass is 19.1. The number of carbonyl (C=O) groups is 1. The van der Waals surface area contributed by atoms with Crippen molar-refractivity contribution in [3.63, 3.8) is 0 Å². The highest BCUT2D eigenvalue weighted by Gasteiger charge is 2.14. The van der Waals surface area contributed by atoms with E-state index in [1.165, 1.54) is 12.1 Å². The zero-order valence-corrected chi connectivity index (χ0v) is 10.6. The molecule has 0 atom stereocenters. The summed E-state index contributed by atoms with van der Waals surface area (Å²) in [5.74, 6) is -3.05. The Morgan fingerprint density at radius 2 is 1.75 bits per heavy atom. The molecule has 0 N–H and O–H groups in total. The van der Waals surface area contributed by atoms with Gasteiger partial charge >= 0.3 is 0 Å². The minimum atomic E-state index is -0.843. The molecule has 0 bridgehead atoms. The quantitative estimate of drug-likeness (QED) is 0.799. The molecule has 0 saturated carbocycles. The number of hydrogen-bond donors (Lipinski definition) is 0. The summed E-state index contributed by atoms with van der Waals surface area (Å²) in [5.41, 5.74) is 0.337. The summed E-state index contributed by atoms with van der Waals surface area (Å²) >= 11 is 0. The van der Waals surface area contributed by atoms with Gasteiger partial charge in [0.1, 0.15) is 11.6 Å². The minimum absolute atomic E-state index is 0.102. The number of ketones is 1. The van der Waals surface area contributed by atoms with Gasteiger partial charge in [0, 0.05) is 0 Å². The van der Waals surface area contributed by atoms with Crippen molar-refractivity contribution in [3.8, 4) is 5.75 Å². The zero-order chi connectivity index (χ0) is 14.7. The molecular weight excluding hydrogens is 269 g/mol. The van der Waals surface area contributed by atoms with Crippen LogP contribution in [-0.2, 0) is 0 Å². The molecule has 0 fully saturated rings. The van der Waals surface area contributed by atoms with Crippen molar-refractivity contribution in [1.82, 2.24) is 0 Å². The molecule has 0 amide bonds. The van der Waals surface area contributed by atoms with Crippen molar-refractivity contribution in [2.45, 2.75) is 6.92 Å². The maximum absolute atomic E-state index is 13.4. The van der Waals surface area contributed by atoms with E-state index in [2.05, 4.69) is 0 Å². The first-order valence-corrected chi connectivity index (χ1v) is 5.84. The Labute approximate surface area is 113 Å². The summed E-state index contributed by atoms with van der Waals surface area (Å²) in [5, 5.41) is 0. The zero-order valence-electron chi connectivity index (χ0n) is 10.6. The first-order chi connectivity index (χ1) is 9.47. The Bertz CT molecular complexity index is 654. The SMILES string of the molecule is Cc1ccc(F)c(OCC(=O)c2cc(F)ccc2F)c1. The predicted octanol–water partition coefficient (Wildman–Crippen LogP) is 3.67. The number of halogens is 3. The third-order valence-electron chi connectivity index (χ3n) is 2.67. The number of ether oxygens (including phenoxy) is 1. The molecule has 0 saturated heterocycles. The van der Waals surface area contributed by atoms with E-state index in [9.17, 15) is 18.0 Å². The van der Waals surface area contributed by atoms with Crippen molar-refractivity contribution in [2.24, 2.45) is 0 Å². The van der Waals surface area contributed by atoms with Crippen molar-refractivity contribution >= 4 is 5.78 Å². The van der Waals surface area contributed by atoms with Crippen LogP contribution in [0.15, 0.2) is 36.4 Å². The molecule has 20 heavy (non-hydrogen) atoms. The monoisotopic (exact) mass is 280 g/mol. The van der Waals surface area contributed by atoms with Gasteiger partial charge in [0.05, 0.1) is 5.56 Å². The fraction of sp³-hybridized carbons (Fsp3) is 0.133. The molecule has 2 nitrogen and oxygen atoms in total. The maximum Gasteiger partial charge on any atom is 0.203 e. The van der Waals surface area contributed by atoms with Gasteiger partial charge in [-0.3, -0.25) is 4.79 Å². The van der Waals surface area contributed by atoms with Crippen molar-refractivity contribution in [1.29, 1.82) is 0 Å². The number of carbonyl (C=O) groups excluding carboxylic acids is 1. The second-order valence-electron chi connectivity index (χ2n) is 4.27. The molecule has 0 spiro atoms. The van der Waals surface area contributed by atoms with Crippen molar-refractivity contribution < 1.29 is 22.7 Å². The van der Waals surface area contributed by atoms with Crippen LogP contribution in [0.4, 0.5) is 13.2 Å². The first kappa shape index (κ1) is 14.1. The van der Waals surface area contributed by atoms with Gasteiger partial charge in [-0.05, 0) is 42.8 Å². The maximum atomic E-state index is 13.4. The second-order valence-corrected chi connectivity index (χ2v) is 4.27. The van der Waals surface area contributed by atoms with Gasteiger partial charge in [-0.25, -0.2) is 13.2 Å². The fourth-order valence-electron chi connectivity index (χ4n) is 1.65. The first-order valence-electron chi connectivity index (χ1n) is 5.84. The van der Waals surface area contributed by atoms with Gasteiger partial charge < -0.3 is 4.74 Å². The van der Waals surface area contributed by atoms with Crippen LogP contribution in [0.5, 0.6) is 5.75 Å². The molecule has 2 aromatic carbocycles. The summed E-state index contributed by atoms with van der Waals surface area (Å²) in [6, 6.07) is 6.73. The second kappa shape index (κ2) is 5.77. The van der Waals surface area contributed by atoms with Crippen molar-refractivity contribution in [3.05, 3.63) is 65.0 Å². The summed E-state index contributed by atoms with van der Waals surface area (Å²) in [7, 11) is 0. The number of hydrogen-bond acceptors (Lipinski definition) is 2. The van der Waals surface area contributed by atoms with Crippen LogP contribution in [0.2, 0.25) is 0 Å². The number of Topliss-reactive ketones (excluding diaryl/α,β-unsaturated/α-hetero) is 1. The van der Waals surface area contributed by atoms with Crippen LogP contribution >= 0.6 is 0 Å². The molecule has 2 aromatic rings. The molecule has 104 valence electrons. The molecule has 0 aromatic heterocycles. The number of benzene rings is 2. The van der Waals surface area contributed by atoms with E-state index in [4.69, 9.17) is 4.74 Å². The lowest BCUT2D eigenvalue weighted by Crippen LogP contribution is -2.14. The molecule has 0 radical (unpaired) electrons. The Hall–Kier alpha value is -2.30. The van der Waals surface area contributed by atoms with Crippen LogP contribution in [-0.4, -0.2) is 12.4 Å². The topological polar surface area (TPSA) is 26.3 Å². The normalized spacial score (nSPS) is 10.4. The van der Waals surface area contributed by atoms with Gasteiger partial charge in [-0.15, -0.1) is 0 Å². The summed E-state index contributed by atoms with van der Waals surface area (Å²) in [4.78, 5) is 11.7. The summed E-state index contributed by atoms with van der Waals surface area (Å²) in [6.45, 7) is 1.17. The number of aryl methyl sites for hydroxylation is 1. The van der Waals surface area contributed by atoms with E-state index in [1.54, 1.807) is 13.0 Å². The van der Waals surface area contributed by atoms with E-state index >= 15 is 0 Å². The van der Waals surface area contributed by atoms with Gasteiger partial charge in [-0.1, -0.05) is 6.07 Å². The fourth-order valence-corrected chi connectivity index (χ4v) is 1.65. The molecule has 5 heteroatoms. The van der Waals surface area contributed by atoms with Gasteiger partial charge in [0.15, 0.2) is 18.2 Å². The third kappa shape index (κ3) is 3.17. The van der Waals surface area contributed by atoms with E-state index < -0.39 is 35.4 Å². The predicted molar refractivity (Wildman–Crippen MR) is 67.3 cm³/mol. The molecule has 0 aliphatic carbocycles. The van der Waals surface area contributed by atoms with Crippen LogP contribution in [0.25, 0.3) is 0 Å². The van der Waals surface area contributed by atoms with Crippen molar-refractivity contribution in [2.75, 3.05) is 6.61 Å². The molecule has 2 rings (SSSR count). The average molecular weight is 280 g/mol. The largest absolute Gasteiger partial charge is 0.482 e. The molecule has 0 aliphatic rings. The van der Waals surface area contributed by atoms with E-state index in [1.807, 2.05) is 0 Å². The molecule has 0 aliphatic heterocycles. The van der Waals surface area contributed by atoms with E-state index in [-0.39, 0.29) is 5.75 Å². The van der Waals surface area contributed by atoms with E-state index in [0.29, 0.717) is 0 Å². The number of rotatable bonds is 4. The highest BCUT2D eigenvalue weighted by molar-refractivity contribution is 5.97. The Balaban J connectivity index is 2.12. The Morgan fingerprint density at radius 1 is 1.05 bits per heavy atom. The average Bonchev–Trinajstić information content (AvgIpc) is 2.42. The van der Waals surface area contributed by atoms with Gasteiger partial charge in [-0.2, -0.15) is 0 Å². The molecule has 0 unspecified atom stereocenters. The molecule has 0 heterocycles. The van der Waals surface area contributed by atoms with Crippen LogP contribution in [0.1, 0.15) is 15.9 Å². The Morgan fingerprint density at radius 3 is 2.50 bits per heavy atom. The third-order valence-corrected chi connectivity index (χ3v) is 2.67.